The lowest BCUT2D eigenvalue weighted by molar-refractivity contribution is -0.275. The highest BCUT2D eigenvalue weighted by molar-refractivity contribution is 6.28. The van der Waals surface area contributed by atoms with Gasteiger partial charge in [0, 0.05) is 11.8 Å². The number of methoxy groups -OCH3 is 1. The third kappa shape index (κ3) is 5.25. The molecular weight excluding hydrogens is 287 g/mol. The fourth-order valence-electron chi connectivity index (χ4n) is 1.24. The molecule has 0 radical (unpaired) electrons. The van der Waals surface area contributed by atoms with Gasteiger partial charge in [0.25, 0.3) is 0 Å². The minimum absolute atomic E-state index is 0.0634. The predicted molar refractivity (Wildman–Crippen MR) is 63.9 cm³/mol. The third-order valence-electron chi connectivity index (χ3n) is 2.03. The van der Waals surface area contributed by atoms with Crippen LogP contribution in [0.5, 0.6) is 11.5 Å². The van der Waals surface area contributed by atoms with E-state index in [0.29, 0.717) is 5.69 Å². The fraction of sp³-hybridized carbons (Fsp3) is 0.364. The molecule has 8 heteroatoms. The summed E-state index contributed by atoms with van der Waals surface area (Å²) in [7, 11) is 1.22. The molecule has 1 aromatic rings. The monoisotopic (exact) mass is 297 g/mol. The van der Waals surface area contributed by atoms with Crippen molar-refractivity contribution in [1.29, 1.82) is 0 Å². The van der Waals surface area contributed by atoms with Gasteiger partial charge in [-0.05, 0) is 12.1 Å². The second-order valence-corrected chi connectivity index (χ2v) is 3.71. The first-order valence-corrected chi connectivity index (χ1v) is 5.64. The number of nitrogens with one attached hydrogen (secondary N) is 1. The lowest BCUT2D eigenvalue weighted by atomic mass is 10.2. The van der Waals surface area contributed by atoms with Crippen molar-refractivity contribution in [2.24, 2.45) is 0 Å². The Bertz CT molecular complexity index is 451. The Labute approximate surface area is 112 Å². The van der Waals surface area contributed by atoms with Crippen LogP contribution < -0.4 is 14.8 Å². The Balaban J connectivity index is 2.85. The topological polar surface area (TPSA) is 47.6 Å². The van der Waals surface area contributed by atoms with Crippen molar-refractivity contribution in [2.75, 3.05) is 24.9 Å². The maximum atomic E-state index is 12.2. The van der Waals surface area contributed by atoms with E-state index in [2.05, 4.69) is 10.1 Å². The molecule has 0 bridgehead atoms. The molecular formula is C11H11ClF3NO3. The highest BCUT2D eigenvalue weighted by atomic mass is 35.5. The van der Waals surface area contributed by atoms with E-state index in [1.54, 1.807) is 0 Å². The van der Waals surface area contributed by atoms with Crippen LogP contribution in [-0.4, -0.2) is 31.7 Å². The van der Waals surface area contributed by atoms with Crippen LogP contribution in [0.2, 0.25) is 0 Å². The number of Topliss-reactive ketones (excluding diaryl/α,β-unsaturated/α-hetero) is 1. The SMILES string of the molecule is COc1ccc(NCC(=O)CCl)cc1OC(F)(F)F. The van der Waals surface area contributed by atoms with E-state index in [9.17, 15) is 18.0 Å². The van der Waals surface area contributed by atoms with Crippen molar-refractivity contribution >= 4 is 23.1 Å². The molecule has 0 atom stereocenters. The summed E-state index contributed by atoms with van der Waals surface area (Å²) in [6, 6.07) is 3.85. The number of rotatable bonds is 6. The van der Waals surface area contributed by atoms with Crippen LogP contribution in [0.25, 0.3) is 0 Å². The van der Waals surface area contributed by atoms with Crippen molar-refractivity contribution in [2.45, 2.75) is 6.36 Å². The Hall–Kier alpha value is -1.63. The normalized spacial score (nSPS) is 11.0. The van der Waals surface area contributed by atoms with Gasteiger partial charge in [-0.3, -0.25) is 4.79 Å². The van der Waals surface area contributed by atoms with Crippen LogP contribution in [0.3, 0.4) is 0 Å². The van der Waals surface area contributed by atoms with Crippen LogP contribution in [0, 0.1) is 0 Å². The van der Waals surface area contributed by atoms with Gasteiger partial charge in [-0.15, -0.1) is 24.8 Å². The van der Waals surface area contributed by atoms with E-state index >= 15 is 0 Å². The molecule has 0 aliphatic heterocycles. The highest BCUT2D eigenvalue weighted by Crippen LogP contribution is 2.34. The van der Waals surface area contributed by atoms with E-state index in [0.717, 1.165) is 6.07 Å². The minimum Gasteiger partial charge on any atom is -0.493 e. The lowest BCUT2D eigenvalue weighted by Gasteiger charge is -2.14. The van der Waals surface area contributed by atoms with Crippen LogP contribution in [0.4, 0.5) is 18.9 Å². The molecule has 0 saturated heterocycles. The summed E-state index contributed by atoms with van der Waals surface area (Å²) in [5, 5.41) is 2.64. The maximum absolute atomic E-state index is 12.2. The zero-order valence-corrected chi connectivity index (χ0v) is 10.6. The third-order valence-corrected chi connectivity index (χ3v) is 2.33. The molecule has 4 nitrogen and oxygen atoms in total. The first-order valence-electron chi connectivity index (χ1n) is 5.11. The fourth-order valence-corrected chi connectivity index (χ4v) is 1.33. The first kappa shape index (κ1) is 15.4. The van der Waals surface area contributed by atoms with Crippen molar-refractivity contribution in [3.05, 3.63) is 18.2 Å². The first-order chi connectivity index (χ1) is 8.85. The molecule has 19 heavy (non-hydrogen) atoms. The molecule has 0 saturated carbocycles. The highest BCUT2D eigenvalue weighted by Gasteiger charge is 2.32. The molecule has 0 heterocycles. The van der Waals surface area contributed by atoms with Crippen molar-refractivity contribution in [1.82, 2.24) is 0 Å². The van der Waals surface area contributed by atoms with Gasteiger partial charge in [-0.1, -0.05) is 0 Å². The molecule has 1 aromatic carbocycles. The Morgan fingerprint density at radius 2 is 2.05 bits per heavy atom. The van der Waals surface area contributed by atoms with E-state index in [4.69, 9.17) is 16.3 Å². The van der Waals surface area contributed by atoms with E-state index in [1.165, 1.54) is 19.2 Å². The second-order valence-electron chi connectivity index (χ2n) is 3.44. The summed E-state index contributed by atoms with van der Waals surface area (Å²) in [4.78, 5) is 11.0. The zero-order chi connectivity index (χ0) is 14.5. The number of ether oxygens (including phenoxy) is 2. The van der Waals surface area contributed by atoms with Gasteiger partial charge in [-0.25, -0.2) is 0 Å². The number of hydrogen-bond acceptors (Lipinski definition) is 4. The molecule has 0 amide bonds. The number of benzene rings is 1. The Morgan fingerprint density at radius 3 is 2.58 bits per heavy atom. The predicted octanol–water partition coefficient (Wildman–Crippen LogP) is 2.81. The molecule has 0 fully saturated rings. The molecule has 0 aliphatic carbocycles. The number of alkyl halides is 4. The van der Waals surface area contributed by atoms with Gasteiger partial charge in [0.15, 0.2) is 17.3 Å². The number of carbonyl (C=O) groups is 1. The van der Waals surface area contributed by atoms with Gasteiger partial charge >= 0.3 is 6.36 Å². The summed E-state index contributed by atoms with van der Waals surface area (Å²) in [5.41, 5.74) is 0.290. The molecule has 0 unspecified atom stereocenters. The number of anilines is 1. The van der Waals surface area contributed by atoms with Crippen LogP contribution in [0.15, 0.2) is 18.2 Å². The van der Waals surface area contributed by atoms with Crippen LogP contribution in [-0.2, 0) is 4.79 Å². The molecule has 0 aromatic heterocycles. The molecule has 1 N–H and O–H groups in total. The average Bonchev–Trinajstić information content (AvgIpc) is 2.34. The standard InChI is InChI=1S/C11H11ClF3NO3/c1-18-9-3-2-7(16-6-8(17)5-12)4-10(9)19-11(13,14)15/h2-4,16H,5-6H2,1H3. The molecule has 106 valence electrons. The zero-order valence-electron chi connectivity index (χ0n) is 9.88. The summed E-state index contributed by atoms with van der Waals surface area (Å²) >= 11 is 5.30. The molecule has 1 rings (SSSR count). The van der Waals surface area contributed by atoms with Crippen LogP contribution in [0.1, 0.15) is 0 Å². The summed E-state index contributed by atoms with van der Waals surface area (Å²) < 4.78 is 45.1. The Kier molecular flexibility index (Phi) is 5.29. The van der Waals surface area contributed by atoms with Crippen molar-refractivity contribution in [3.8, 4) is 11.5 Å². The number of hydrogen-bond donors (Lipinski definition) is 1. The summed E-state index contributed by atoms with van der Waals surface area (Å²) in [6.45, 7) is -0.0821. The molecule has 0 aliphatic rings. The van der Waals surface area contributed by atoms with Crippen LogP contribution >= 0.6 is 11.6 Å². The van der Waals surface area contributed by atoms with Gasteiger partial charge in [0.2, 0.25) is 0 Å². The van der Waals surface area contributed by atoms with Gasteiger partial charge in [0.1, 0.15) is 0 Å². The second kappa shape index (κ2) is 6.51. The number of carbonyl (C=O) groups excluding carboxylic acids is 1. The summed E-state index contributed by atoms with van der Waals surface area (Å²) in [5.74, 6) is -1.00. The quantitative estimate of drug-likeness (QED) is 0.820. The average molecular weight is 298 g/mol. The summed E-state index contributed by atoms with van der Waals surface area (Å²) in [6.07, 6.45) is -4.82. The largest absolute Gasteiger partial charge is 0.573 e. The Morgan fingerprint density at radius 1 is 1.37 bits per heavy atom. The number of ketones is 1. The molecule has 0 spiro atoms. The van der Waals surface area contributed by atoms with Gasteiger partial charge < -0.3 is 14.8 Å². The van der Waals surface area contributed by atoms with E-state index < -0.39 is 12.1 Å². The smallest absolute Gasteiger partial charge is 0.493 e. The van der Waals surface area contributed by atoms with E-state index in [1.807, 2.05) is 0 Å². The van der Waals surface area contributed by atoms with Crippen molar-refractivity contribution in [3.63, 3.8) is 0 Å². The van der Waals surface area contributed by atoms with Crippen molar-refractivity contribution < 1.29 is 27.4 Å². The minimum atomic E-state index is -4.82. The lowest BCUT2D eigenvalue weighted by Crippen LogP contribution is -2.18. The van der Waals surface area contributed by atoms with Gasteiger partial charge in [0.05, 0.1) is 19.5 Å². The van der Waals surface area contributed by atoms with E-state index in [-0.39, 0.29) is 24.0 Å². The maximum Gasteiger partial charge on any atom is 0.573 e. The van der Waals surface area contributed by atoms with Gasteiger partial charge in [-0.2, -0.15) is 0 Å². The number of halogens is 4.